The number of unbranched alkanes of at least 4 members (excludes halogenated alkanes) is 15. The summed E-state index contributed by atoms with van der Waals surface area (Å²) in [7, 11) is 0. The summed E-state index contributed by atoms with van der Waals surface area (Å²) in [5.41, 5.74) is 0. The minimum Gasteiger partial charge on any atom is -0.393 e. The van der Waals surface area contributed by atoms with Crippen molar-refractivity contribution >= 4 is 0 Å². The van der Waals surface area contributed by atoms with Crippen LogP contribution in [-0.4, -0.2) is 45.3 Å². The SMILES string of the molecule is C#CC(O)C=CCCCCCCCCCC(O)CCCCCCCCCCCC(O)C#CC#CCO. The minimum absolute atomic E-state index is 0.128. The first-order valence-electron chi connectivity index (χ1n) is 14.4. The molecule has 0 aromatic rings. The van der Waals surface area contributed by atoms with Crippen molar-refractivity contribution in [3.63, 3.8) is 0 Å². The molecule has 0 aliphatic rings. The third-order valence-corrected chi connectivity index (χ3v) is 6.38. The monoisotopic (exact) mass is 500 g/mol. The molecule has 3 unspecified atom stereocenters. The van der Waals surface area contributed by atoms with Crippen molar-refractivity contribution in [2.24, 2.45) is 0 Å². The second-order valence-electron chi connectivity index (χ2n) is 9.75. The van der Waals surface area contributed by atoms with Crippen LogP contribution in [0.5, 0.6) is 0 Å². The number of aliphatic hydroxyl groups excluding tert-OH is 4. The molecule has 0 saturated carbocycles. The molecule has 0 fully saturated rings. The van der Waals surface area contributed by atoms with Gasteiger partial charge in [-0.25, -0.2) is 0 Å². The maximum atomic E-state index is 10.2. The van der Waals surface area contributed by atoms with Gasteiger partial charge in [0.2, 0.25) is 0 Å². The van der Waals surface area contributed by atoms with Gasteiger partial charge in [0.1, 0.15) is 18.8 Å². The van der Waals surface area contributed by atoms with Crippen LogP contribution in [0.1, 0.15) is 128 Å². The average molecular weight is 501 g/mol. The topological polar surface area (TPSA) is 80.9 Å². The Morgan fingerprint density at radius 2 is 1.08 bits per heavy atom. The normalized spacial score (nSPS) is 13.3. The largest absolute Gasteiger partial charge is 0.393 e. The number of hydrogen-bond donors (Lipinski definition) is 4. The van der Waals surface area contributed by atoms with Gasteiger partial charge in [-0.3, -0.25) is 0 Å². The highest BCUT2D eigenvalue weighted by molar-refractivity contribution is 5.27. The van der Waals surface area contributed by atoms with E-state index in [4.69, 9.17) is 11.5 Å². The first kappa shape index (κ1) is 34.3. The quantitative estimate of drug-likeness (QED) is 0.0781. The molecule has 0 aromatic carbocycles. The Labute approximate surface area is 222 Å². The molecule has 204 valence electrons. The summed E-state index contributed by atoms with van der Waals surface area (Å²) < 4.78 is 0. The standard InChI is InChI=1S/C32H52O4/c1-2-30(34)24-18-13-9-5-3-6-10-14-19-25-31(35)26-20-15-11-7-4-8-12-16-21-27-32(36)28-22-17-23-29-33/h1,18,24,30-36H,3-16,19-21,25-27,29H2. The molecule has 4 nitrogen and oxygen atoms in total. The zero-order valence-electron chi connectivity index (χ0n) is 22.6. The first-order chi connectivity index (χ1) is 17.6. The Bertz CT molecular complexity index is 670. The van der Waals surface area contributed by atoms with Crippen LogP contribution < -0.4 is 0 Å². The molecular formula is C32H52O4. The molecule has 0 saturated heterocycles. The van der Waals surface area contributed by atoms with E-state index in [-0.39, 0.29) is 12.7 Å². The van der Waals surface area contributed by atoms with E-state index in [0.29, 0.717) is 6.42 Å². The van der Waals surface area contributed by atoms with Crippen molar-refractivity contribution in [3.8, 4) is 36.0 Å². The molecule has 3 atom stereocenters. The molecule has 4 N–H and O–H groups in total. The van der Waals surface area contributed by atoms with Crippen molar-refractivity contribution < 1.29 is 20.4 Å². The van der Waals surface area contributed by atoms with Gasteiger partial charge < -0.3 is 20.4 Å². The van der Waals surface area contributed by atoms with Gasteiger partial charge >= 0.3 is 0 Å². The predicted octanol–water partition coefficient (Wildman–Crippen LogP) is 6.06. The lowest BCUT2D eigenvalue weighted by Crippen LogP contribution is -2.05. The molecule has 0 spiro atoms. The predicted molar refractivity (Wildman–Crippen MR) is 151 cm³/mol. The number of hydrogen-bond acceptors (Lipinski definition) is 4. The molecule has 0 aliphatic carbocycles. The maximum absolute atomic E-state index is 10.2. The number of aliphatic hydroxyl groups is 4. The fraction of sp³-hybridized carbons (Fsp3) is 0.750. The molecule has 0 heterocycles. The van der Waals surface area contributed by atoms with E-state index < -0.39 is 12.2 Å². The fourth-order valence-corrected chi connectivity index (χ4v) is 4.18. The molecule has 0 aromatic heterocycles. The lowest BCUT2D eigenvalue weighted by atomic mass is 10.0. The van der Waals surface area contributed by atoms with Gasteiger partial charge in [-0.1, -0.05) is 114 Å². The van der Waals surface area contributed by atoms with Crippen molar-refractivity contribution in [2.45, 2.75) is 147 Å². The van der Waals surface area contributed by atoms with E-state index in [1.807, 2.05) is 6.08 Å². The smallest absolute Gasteiger partial charge is 0.133 e. The summed E-state index contributed by atoms with van der Waals surface area (Å²) in [5, 5.41) is 37.7. The summed E-state index contributed by atoms with van der Waals surface area (Å²) in [6.07, 6.45) is 30.1. The Hall–Kier alpha value is -1.74. The highest BCUT2D eigenvalue weighted by Crippen LogP contribution is 2.15. The number of terminal acetylenes is 1. The third-order valence-electron chi connectivity index (χ3n) is 6.38. The van der Waals surface area contributed by atoms with Gasteiger partial charge in [-0.2, -0.15) is 0 Å². The Morgan fingerprint density at radius 1 is 0.611 bits per heavy atom. The van der Waals surface area contributed by atoms with Crippen molar-refractivity contribution in [1.29, 1.82) is 0 Å². The molecular weight excluding hydrogens is 448 g/mol. The van der Waals surface area contributed by atoms with Gasteiger partial charge in [0, 0.05) is 0 Å². The Balaban J connectivity index is 3.32. The summed E-state index contributed by atoms with van der Waals surface area (Å²) in [6, 6.07) is 0. The molecule has 0 radical (unpaired) electrons. The highest BCUT2D eigenvalue weighted by atomic mass is 16.3. The van der Waals surface area contributed by atoms with Crippen molar-refractivity contribution in [1.82, 2.24) is 0 Å². The van der Waals surface area contributed by atoms with Crippen LogP contribution in [0.2, 0.25) is 0 Å². The minimum atomic E-state index is -0.744. The molecule has 0 amide bonds. The van der Waals surface area contributed by atoms with Gasteiger partial charge in [0.25, 0.3) is 0 Å². The van der Waals surface area contributed by atoms with Crippen molar-refractivity contribution in [2.75, 3.05) is 6.61 Å². The van der Waals surface area contributed by atoms with Crippen LogP contribution in [0.15, 0.2) is 12.2 Å². The van der Waals surface area contributed by atoms with Crippen LogP contribution in [0.4, 0.5) is 0 Å². The van der Waals surface area contributed by atoms with E-state index in [0.717, 1.165) is 51.4 Å². The lowest BCUT2D eigenvalue weighted by Gasteiger charge is -2.10. The van der Waals surface area contributed by atoms with Crippen LogP contribution in [0.3, 0.4) is 0 Å². The summed E-state index contributed by atoms with van der Waals surface area (Å²) >= 11 is 0. The van der Waals surface area contributed by atoms with Crippen LogP contribution in [-0.2, 0) is 0 Å². The summed E-state index contributed by atoms with van der Waals surface area (Å²) in [4.78, 5) is 0. The Morgan fingerprint density at radius 3 is 1.58 bits per heavy atom. The lowest BCUT2D eigenvalue weighted by molar-refractivity contribution is 0.147. The maximum Gasteiger partial charge on any atom is 0.133 e. The fourth-order valence-electron chi connectivity index (χ4n) is 4.18. The van der Waals surface area contributed by atoms with Crippen LogP contribution >= 0.6 is 0 Å². The van der Waals surface area contributed by atoms with E-state index in [1.54, 1.807) is 6.08 Å². The second kappa shape index (κ2) is 27.8. The van der Waals surface area contributed by atoms with Crippen molar-refractivity contribution in [3.05, 3.63) is 12.2 Å². The Kier molecular flexibility index (Phi) is 26.5. The van der Waals surface area contributed by atoms with E-state index in [2.05, 4.69) is 29.6 Å². The summed E-state index contributed by atoms with van der Waals surface area (Å²) in [5.74, 6) is 12.5. The third kappa shape index (κ3) is 26.9. The number of allylic oxidation sites excluding steroid dienone is 1. The zero-order valence-corrected chi connectivity index (χ0v) is 22.6. The van der Waals surface area contributed by atoms with E-state index in [9.17, 15) is 15.3 Å². The van der Waals surface area contributed by atoms with E-state index >= 15 is 0 Å². The molecule has 0 rings (SSSR count). The molecule has 36 heavy (non-hydrogen) atoms. The van der Waals surface area contributed by atoms with Gasteiger partial charge in [0.15, 0.2) is 0 Å². The van der Waals surface area contributed by atoms with Gasteiger partial charge in [0.05, 0.1) is 6.10 Å². The number of rotatable bonds is 23. The van der Waals surface area contributed by atoms with Crippen LogP contribution in [0, 0.1) is 36.0 Å². The van der Waals surface area contributed by atoms with Gasteiger partial charge in [-0.15, -0.1) is 6.42 Å². The van der Waals surface area contributed by atoms with E-state index in [1.165, 1.54) is 70.6 Å². The molecule has 4 heteroatoms. The molecule has 0 bridgehead atoms. The first-order valence-corrected chi connectivity index (χ1v) is 14.4. The highest BCUT2D eigenvalue weighted by Gasteiger charge is 2.04. The second-order valence-corrected chi connectivity index (χ2v) is 9.75. The zero-order chi connectivity index (χ0) is 26.5. The van der Waals surface area contributed by atoms with Gasteiger partial charge in [-0.05, 0) is 56.4 Å². The van der Waals surface area contributed by atoms with Crippen LogP contribution in [0.25, 0.3) is 0 Å². The average Bonchev–Trinajstić information content (AvgIpc) is 2.88. The summed E-state index contributed by atoms with van der Waals surface area (Å²) in [6.45, 7) is -0.197. The molecule has 0 aliphatic heterocycles.